The highest BCUT2D eigenvalue weighted by Crippen LogP contribution is 2.27. The molecule has 0 bridgehead atoms. The molecule has 0 saturated carbocycles. The van der Waals surface area contributed by atoms with Crippen LogP contribution in [0.2, 0.25) is 0 Å². The van der Waals surface area contributed by atoms with Gasteiger partial charge >= 0.3 is 0 Å². The zero-order valence-corrected chi connectivity index (χ0v) is 11.0. The van der Waals surface area contributed by atoms with E-state index in [2.05, 4.69) is 18.7 Å². The third kappa shape index (κ3) is 4.01. The maximum absolute atomic E-state index is 9.64. The minimum Gasteiger partial charge on any atom is -0.393 e. The fourth-order valence-corrected chi connectivity index (χ4v) is 3.48. The number of hydrogen-bond donors (Lipinski definition) is 1. The number of hydrogen-bond acceptors (Lipinski definition) is 4. The predicted molar refractivity (Wildman–Crippen MR) is 66.8 cm³/mol. The third-order valence-electron chi connectivity index (χ3n) is 2.83. The summed E-state index contributed by atoms with van der Waals surface area (Å²) in [5.74, 6) is 2.42. The minimum absolute atomic E-state index is 0.0136. The lowest BCUT2D eigenvalue weighted by atomic mass is 9.87. The lowest BCUT2D eigenvalue weighted by molar-refractivity contribution is 0.0377. The number of rotatable bonds is 3. The normalized spacial score (nSPS) is 23.1. The maximum Gasteiger partial charge on any atom is 0.0575 e. The summed E-state index contributed by atoms with van der Waals surface area (Å²) in [6, 6.07) is 0. The lowest BCUT2D eigenvalue weighted by Crippen LogP contribution is -2.41. The minimum atomic E-state index is -0.231. The molecule has 1 unspecified atom stereocenters. The van der Waals surface area contributed by atoms with Crippen LogP contribution in [0.5, 0.6) is 0 Å². The van der Waals surface area contributed by atoms with Crippen LogP contribution < -0.4 is 0 Å². The Morgan fingerprint density at radius 1 is 1.29 bits per heavy atom. The fourth-order valence-electron chi connectivity index (χ4n) is 1.43. The van der Waals surface area contributed by atoms with Crippen LogP contribution in [0, 0.1) is 5.41 Å². The molecule has 1 fully saturated rings. The largest absolute Gasteiger partial charge is 0.393 e. The molecule has 1 heterocycles. The second-order valence-electron chi connectivity index (χ2n) is 4.58. The van der Waals surface area contributed by atoms with Crippen molar-refractivity contribution in [1.29, 1.82) is 0 Å². The van der Waals surface area contributed by atoms with Gasteiger partial charge in [-0.2, -0.15) is 0 Å². The molecule has 1 N–H and O–H groups in total. The van der Waals surface area contributed by atoms with Crippen molar-refractivity contribution in [2.75, 3.05) is 31.1 Å². The van der Waals surface area contributed by atoms with Gasteiger partial charge in [0.1, 0.15) is 0 Å². The van der Waals surface area contributed by atoms with E-state index < -0.39 is 0 Å². The van der Waals surface area contributed by atoms with Crippen molar-refractivity contribution in [3.63, 3.8) is 0 Å². The van der Waals surface area contributed by atoms with Crippen molar-refractivity contribution < 1.29 is 5.11 Å². The first kappa shape index (κ1) is 12.7. The summed E-state index contributed by atoms with van der Waals surface area (Å²) in [5, 5.41) is 9.64. The molecule has 0 amide bonds. The van der Waals surface area contributed by atoms with E-state index in [-0.39, 0.29) is 11.5 Å². The van der Waals surface area contributed by atoms with E-state index in [0.29, 0.717) is 0 Å². The van der Waals surface area contributed by atoms with Crippen LogP contribution in [-0.4, -0.2) is 47.3 Å². The van der Waals surface area contributed by atoms with Gasteiger partial charge in [0, 0.05) is 36.6 Å². The summed E-state index contributed by atoms with van der Waals surface area (Å²) in [7, 11) is 3.93. The standard InChI is InChI=1S/C10H21NOS2/c1-9(12)10(2,3)8-11-4-6-13-14-7-5-11/h9,12H,4-8H2,1-3H3. The van der Waals surface area contributed by atoms with Crippen LogP contribution in [-0.2, 0) is 0 Å². The van der Waals surface area contributed by atoms with Crippen molar-refractivity contribution in [3.8, 4) is 0 Å². The van der Waals surface area contributed by atoms with Gasteiger partial charge in [0.15, 0.2) is 0 Å². The molecule has 84 valence electrons. The van der Waals surface area contributed by atoms with Crippen molar-refractivity contribution >= 4 is 21.6 Å². The van der Waals surface area contributed by atoms with Crippen LogP contribution in [0.1, 0.15) is 20.8 Å². The number of nitrogens with zero attached hydrogens (tertiary/aromatic N) is 1. The van der Waals surface area contributed by atoms with E-state index in [1.807, 2.05) is 28.5 Å². The molecule has 0 aromatic carbocycles. The SMILES string of the molecule is CC(O)C(C)(C)CN1CCSSCC1. The van der Waals surface area contributed by atoms with E-state index >= 15 is 0 Å². The maximum atomic E-state index is 9.64. The van der Waals surface area contributed by atoms with Gasteiger partial charge in [-0.05, 0) is 6.92 Å². The monoisotopic (exact) mass is 235 g/mol. The lowest BCUT2D eigenvalue weighted by Gasteiger charge is -2.34. The van der Waals surface area contributed by atoms with Crippen LogP contribution in [0.15, 0.2) is 0 Å². The molecule has 1 atom stereocenters. The molecule has 0 aromatic rings. The molecule has 14 heavy (non-hydrogen) atoms. The van der Waals surface area contributed by atoms with Crippen LogP contribution in [0.3, 0.4) is 0 Å². The Morgan fingerprint density at radius 3 is 2.21 bits per heavy atom. The van der Waals surface area contributed by atoms with Gasteiger partial charge in [-0.15, -0.1) is 0 Å². The summed E-state index contributed by atoms with van der Waals surface area (Å²) in [6.45, 7) is 9.50. The quantitative estimate of drug-likeness (QED) is 0.757. The summed E-state index contributed by atoms with van der Waals surface area (Å²) >= 11 is 0. The highest BCUT2D eigenvalue weighted by molar-refractivity contribution is 8.76. The topological polar surface area (TPSA) is 23.5 Å². The average molecular weight is 235 g/mol. The Labute approximate surface area is 95.2 Å². The van der Waals surface area contributed by atoms with E-state index in [4.69, 9.17) is 0 Å². The van der Waals surface area contributed by atoms with Gasteiger partial charge in [-0.25, -0.2) is 0 Å². The molecule has 2 nitrogen and oxygen atoms in total. The average Bonchev–Trinajstić information content (AvgIpc) is 2.32. The van der Waals surface area contributed by atoms with Crippen LogP contribution >= 0.6 is 21.6 Å². The molecule has 4 heteroatoms. The van der Waals surface area contributed by atoms with Gasteiger partial charge < -0.3 is 10.0 Å². The third-order valence-corrected chi connectivity index (χ3v) is 5.19. The second-order valence-corrected chi connectivity index (χ2v) is 7.29. The number of aliphatic hydroxyl groups excluding tert-OH is 1. The number of aliphatic hydroxyl groups is 1. The summed E-state index contributed by atoms with van der Waals surface area (Å²) in [6.07, 6.45) is -0.231. The first-order chi connectivity index (χ1) is 6.52. The van der Waals surface area contributed by atoms with Gasteiger partial charge in [0.05, 0.1) is 6.10 Å². The smallest absolute Gasteiger partial charge is 0.0575 e. The van der Waals surface area contributed by atoms with E-state index in [0.717, 1.165) is 19.6 Å². The molecule has 0 aromatic heterocycles. The zero-order valence-electron chi connectivity index (χ0n) is 9.32. The summed E-state index contributed by atoms with van der Waals surface area (Å²) in [4.78, 5) is 2.47. The molecular weight excluding hydrogens is 214 g/mol. The van der Waals surface area contributed by atoms with Crippen molar-refractivity contribution in [2.24, 2.45) is 5.41 Å². The van der Waals surface area contributed by atoms with Crippen LogP contribution in [0.4, 0.5) is 0 Å². The molecule has 1 aliphatic heterocycles. The van der Waals surface area contributed by atoms with E-state index in [9.17, 15) is 5.11 Å². The zero-order chi connectivity index (χ0) is 10.6. The van der Waals surface area contributed by atoms with Crippen molar-refractivity contribution in [1.82, 2.24) is 4.90 Å². The summed E-state index contributed by atoms with van der Waals surface area (Å²) < 4.78 is 0. The van der Waals surface area contributed by atoms with Crippen molar-refractivity contribution in [3.05, 3.63) is 0 Å². The second kappa shape index (κ2) is 5.64. The Balaban J connectivity index is 2.41. The highest BCUT2D eigenvalue weighted by Gasteiger charge is 2.27. The molecule has 0 aliphatic carbocycles. The first-order valence-electron chi connectivity index (χ1n) is 5.17. The Bertz CT molecular complexity index is 166. The fraction of sp³-hybridized carbons (Fsp3) is 1.00. The van der Waals surface area contributed by atoms with Crippen molar-refractivity contribution in [2.45, 2.75) is 26.9 Å². The molecule has 1 rings (SSSR count). The van der Waals surface area contributed by atoms with Gasteiger partial charge in [0.2, 0.25) is 0 Å². The van der Waals surface area contributed by atoms with Gasteiger partial charge in [-0.3, -0.25) is 0 Å². The van der Waals surface area contributed by atoms with Gasteiger partial charge in [-0.1, -0.05) is 35.4 Å². The van der Waals surface area contributed by atoms with E-state index in [1.165, 1.54) is 11.5 Å². The summed E-state index contributed by atoms with van der Waals surface area (Å²) in [5.41, 5.74) is 0.0136. The Hall–Kier alpha value is 0.620. The van der Waals surface area contributed by atoms with Crippen LogP contribution in [0.25, 0.3) is 0 Å². The van der Waals surface area contributed by atoms with Gasteiger partial charge in [0.25, 0.3) is 0 Å². The Morgan fingerprint density at radius 2 is 1.79 bits per heavy atom. The molecule has 0 radical (unpaired) electrons. The molecule has 0 spiro atoms. The Kier molecular flexibility index (Phi) is 5.11. The molecule has 1 saturated heterocycles. The first-order valence-corrected chi connectivity index (χ1v) is 7.66. The predicted octanol–water partition coefficient (Wildman–Crippen LogP) is 2.09. The van der Waals surface area contributed by atoms with E-state index in [1.54, 1.807) is 0 Å². The molecule has 1 aliphatic rings. The highest BCUT2D eigenvalue weighted by atomic mass is 33.1. The molecular formula is C10H21NOS2.